The van der Waals surface area contributed by atoms with Gasteiger partial charge in [0.15, 0.2) is 17.3 Å². The molecule has 164 valence electrons. The van der Waals surface area contributed by atoms with E-state index in [0.29, 0.717) is 36.0 Å². The van der Waals surface area contributed by atoms with E-state index in [0.717, 1.165) is 17.5 Å². The monoisotopic (exact) mass is 441 g/mol. The Bertz CT molecular complexity index is 963. The van der Waals surface area contributed by atoms with Crippen molar-refractivity contribution in [2.24, 2.45) is 0 Å². The normalized spacial score (nSPS) is 10.1. The van der Waals surface area contributed by atoms with Crippen LogP contribution in [-0.2, 0) is 13.0 Å². The number of halogens is 1. The number of Topliss-reactive ketones (excluding diaryl/α,β-unsaturated/α-hetero) is 1. The van der Waals surface area contributed by atoms with E-state index in [2.05, 4.69) is 5.32 Å². The lowest BCUT2D eigenvalue weighted by molar-refractivity contribution is 0.0991. The predicted octanol–water partition coefficient (Wildman–Crippen LogP) is 4.72. The first-order valence-corrected chi connectivity index (χ1v) is 9.91. The zero-order valence-corrected chi connectivity index (χ0v) is 18.6. The van der Waals surface area contributed by atoms with E-state index in [1.54, 1.807) is 20.3 Å². The van der Waals surface area contributed by atoms with Gasteiger partial charge in [0.1, 0.15) is 12.4 Å². The summed E-state index contributed by atoms with van der Waals surface area (Å²) in [6.07, 6.45) is 0.786. The summed E-state index contributed by atoms with van der Waals surface area (Å²) in [7, 11) is 3.24. The highest BCUT2D eigenvalue weighted by molar-refractivity contribution is 5.97. The quantitative estimate of drug-likeness (QED) is 0.344. The van der Waals surface area contributed by atoms with E-state index in [1.165, 1.54) is 0 Å². The number of hydrogen-bond donors (Lipinski definition) is 1. The van der Waals surface area contributed by atoms with Crippen molar-refractivity contribution in [2.75, 3.05) is 27.3 Å². The van der Waals surface area contributed by atoms with Crippen molar-refractivity contribution in [3.05, 3.63) is 89.5 Å². The van der Waals surface area contributed by atoms with Crippen molar-refractivity contribution in [3.63, 3.8) is 0 Å². The summed E-state index contributed by atoms with van der Waals surface area (Å²) in [5.74, 6) is 2.14. The van der Waals surface area contributed by atoms with Crippen molar-refractivity contribution in [3.8, 4) is 17.2 Å². The third kappa shape index (κ3) is 7.31. The molecule has 0 aliphatic carbocycles. The number of methoxy groups -OCH3 is 2. The summed E-state index contributed by atoms with van der Waals surface area (Å²) in [5, 5.41) is 3.21. The molecular weight excluding hydrogens is 414 g/mol. The fraction of sp³-hybridized carbons (Fsp3) is 0.240. The molecule has 3 aromatic carbocycles. The third-order valence-corrected chi connectivity index (χ3v) is 4.73. The first-order valence-electron chi connectivity index (χ1n) is 9.91. The summed E-state index contributed by atoms with van der Waals surface area (Å²) in [4.78, 5) is 12.5. The van der Waals surface area contributed by atoms with Crippen molar-refractivity contribution >= 4 is 18.2 Å². The van der Waals surface area contributed by atoms with Crippen molar-refractivity contribution in [1.82, 2.24) is 5.32 Å². The highest BCUT2D eigenvalue weighted by Crippen LogP contribution is 2.27. The van der Waals surface area contributed by atoms with Crippen LogP contribution in [-0.4, -0.2) is 33.1 Å². The molecule has 1 N–H and O–H groups in total. The SMILES string of the molecule is COc1ccc(CCNCC(=O)c2cccc(OCc3ccccc3)c2)cc1OC.Cl. The smallest absolute Gasteiger partial charge is 0.176 e. The minimum Gasteiger partial charge on any atom is -0.493 e. The fourth-order valence-electron chi connectivity index (χ4n) is 3.07. The molecule has 5 nitrogen and oxygen atoms in total. The van der Waals surface area contributed by atoms with Gasteiger partial charge in [-0.15, -0.1) is 12.4 Å². The summed E-state index contributed by atoms with van der Waals surface area (Å²) in [6, 6.07) is 23.1. The molecule has 0 unspecified atom stereocenters. The van der Waals surface area contributed by atoms with Crippen LogP contribution in [0.1, 0.15) is 21.5 Å². The van der Waals surface area contributed by atoms with Crippen LogP contribution in [0.3, 0.4) is 0 Å². The minimum absolute atomic E-state index is 0. The fourth-order valence-corrected chi connectivity index (χ4v) is 3.07. The molecule has 3 aromatic rings. The van der Waals surface area contributed by atoms with Gasteiger partial charge in [-0.1, -0.05) is 48.5 Å². The van der Waals surface area contributed by atoms with Gasteiger partial charge in [0.25, 0.3) is 0 Å². The van der Waals surface area contributed by atoms with Crippen molar-refractivity contribution in [1.29, 1.82) is 0 Å². The Morgan fingerprint density at radius 2 is 1.61 bits per heavy atom. The van der Waals surface area contributed by atoms with Crippen LogP contribution in [0, 0.1) is 0 Å². The van der Waals surface area contributed by atoms with Crippen LogP contribution in [0.25, 0.3) is 0 Å². The first kappa shape index (κ1) is 24.3. The van der Waals surface area contributed by atoms with E-state index in [9.17, 15) is 4.79 Å². The molecule has 0 atom stereocenters. The van der Waals surface area contributed by atoms with Gasteiger partial charge < -0.3 is 19.5 Å². The lowest BCUT2D eigenvalue weighted by Gasteiger charge is -2.10. The van der Waals surface area contributed by atoms with Crippen LogP contribution in [0.15, 0.2) is 72.8 Å². The molecule has 0 spiro atoms. The molecular formula is C25H28ClNO4. The molecule has 0 saturated heterocycles. The lowest BCUT2D eigenvalue weighted by atomic mass is 10.1. The van der Waals surface area contributed by atoms with Gasteiger partial charge in [-0.3, -0.25) is 4.79 Å². The summed E-state index contributed by atoms with van der Waals surface area (Å²) >= 11 is 0. The Labute approximate surface area is 189 Å². The molecule has 0 fully saturated rings. The standard InChI is InChI=1S/C25H27NO4.ClH/c1-28-24-12-11-19(15-25(24)29-2)13-14-26-17-23(27)21-9-6-10-22(16-21)30-18-20-7-4-3-5-8-20;/h3-12,15-16,26H,13-14,17-18H2,1-2H3;1H. The highest BCUT2D eigenvalue weighted by Gasteiger charge is 2.08. The molecule has 0 aromatic heterocycles. The maximum Gasteiger partial charge on any atom is 0.176 e. The van der Waals surface area contributed by atoms with Crippen LogP contribution < -0.4 is 19.5 Å². The molecule has 31 heavy (non-hydrogen) atoms. The number of benzene rings is 3. The number of rotatable bonds is 11. The van der Waals surface area contributed by atoms with E-state index in [1.807, 2.05) is 66.7 Å². The maximum atomic E-state index is 12.5. The molecule has 0 heterocycles. The second kappa shape index (κ2) is 12.6. The Balaban J connectivity index is 0.00000341. The highest BCUT2D eigenvalue weighted by atomic mass is 35.5. The minimum atomic E-state index is 0. The average molecular weight is 442 g/mol. The molecule has 0 saturated carbocycles. The molecule has 0 aliphatic rings. The van der Waals surface area contributed by atoms with Crippen LogP contribution in [0.5, 0.6) is 17.2 Å². The van der Waals surface area contributed by atoms with Gasteiger partial charge in [-0.05, 0) is 48.4 Å². The largest absolute Gasteiger partial charge is 0.493 e. The summed E-state index contributed by atoms with van der Waals surface area (Å²) < 4.78 is 16.4. The predicted molar refractivity (Wildman–Crippen MR) is 125 cm³/mol. The third-order valence-electron chi connectivity index (χ3n) is 4.73. The summed E-state index contributed by atoms with van der Waals surface area (Å²) in [6.45, 7) is 1.43. The number of nitrogens with one attached hydrogen (secondary N) is 1. The first-order chi connectivity index (χ1) is 14.7. The van der Waals surface area contributed by atoms with Crippen molar-refractivity contribution < 1.29 is 19.0 Å². The second-order valence-corrected chi connectivity index (χ2v) is 6.84. The second-order valence-electron chi connectivity index (χ2n) is 6.84. The van der Waals surface area contributed by atoms with Gasteiger partial charge in [0.05, 0.1) is 20.8 Å². The zero-order valence-electron chi connectivity index (χ0n) is 17.8. The molecule has 0 amide bonds. The number of ether oxygens (including phenoxy) is 3. The Morgan fingerprint density at radius 3 is 2.35 bits per heavy atom. The molecule has 0 bridgehead atoms. The van der Waals surface area contributed by atoms with Gasteiger partial charge in [0.2, 0.25) is 0 Å². The number of ketones is 1. The molecule has 6 heteroatoms. The van der Waals surface area contributed by atoms with E-state index < -0.39 is 0 Å². The molecule has 0 radical (unpaired) electrons. The van der Waals surface area contributed by atoms with Gasteiger partial charge >= 0.3 is 0 Å². The summed E-state index contributed by atoms with van der Waals surface area (Å²) in [5.41, 5.74) is 2.84. The van der Waals surface area contributed by atoms with Crippen LogP contribution in [0.2, 0.25) is 0 Å². The Kier molecular flexibility index (Phi) is 9.88. The lowest BCUT2D eigenvalue weighted by Crippen LogP contribution is -2.25. The van der Waals surface area contributed by atoms with E-state index >= 15 is 0 Å². The molecule has 3 rings (SSSR count). The number of carbonyl (C=O) groups is 1. The van der Waals surface area contributed by atoms with Crippen LogP contribution in [0.4, 0.5) is 0 Å². The van der Waals surface area contributed by atoms with Crippen LogP contribution >= 0.6 is 12.4 Å². The van der Waals surface area contributed by atoms with E-state index in [-0.39, 0.29) is 24.7 Å². The van der Waals surface area contributed by atoms with Gasteiger partial charge in [0, 0.05) is 5.56 Å². The number of carbonyl (C=O) groups excluding carboxylic acids is 1. The van der Waals surface area contributed by atoms with E-state index in [4.69, 9.17) is 14.2 Å². The Hall–Kier alpha value is -3.02. The maximum absolute atomic E-state index is 12.5. The average Bonchev–Trinajstić information content (AvgIpc) is 2.81. The number of hydrogen-bond acceptors (Lipinski definition) is 5. The van der Waals surface area contributed by atoms with Crippen molar-refractivity contribution in [2.45, 2.75) is 13.0 Å². The topological polar surface area (TPSA) is 56.8 Å². The Morgan fingerprint density at radius 1 is 0.839 bits per heavy atom. The zero-order chi connectivity index (χ0) is 21.2. The van der Waals surface area contributed by atoms with Gasteiger partial charge in [-0.25, -0.2) is 0 Å². The van der Waals surface area contributed by atoms with Gasteiger partial charge in [-0.2, -0.15) is 0 Å². The molecule has 0 aliphatic heterocycles.